The number of fused-ring (bicyclic) bond motifs is 8. The Labute approximate surface area is 392 Å². The largest absolute Gasteiger partial charge is 0.456 e. The van der Waals surface area contributed by atoms with Gasteiger partial charge in [0.05, 0.1) is 0 Å². The van der Waals surface area contributed by atoms with E-state index in [9.17, 15) is 0 Å². The van der Waals surface area contributed by atoms with Crippen LogP contribution in [0.25, 0.3) is 85.9 Å². The highest BCUT2D eigenvalue weighted by Gasteiger charge is 2.29. The number of rotatable bonds is 7. The topological polar surface area (TPSA) is 49.9 Å². The molecule has 4 nitrogen and oxygen atoms in total. The first-order valence-electron chi connectivity index (χ1n) is 23.0. The molecule has 10 aromatic carbocycles. The van der Waals surface area contributed by atoms with Gasteiger partial charge in [0.25, 0.3) is 0 Å². The number of aryl methyl sites for hydroxylation is 1. The molecule has 67 heavy (non-hydrogen) atoms. The van der Waals surface area contributed by atoms with E-state index in [-0.39, 0.29) is 5.92 Å². The summed E-state index contributed by atoms with van der Waals surface area (Å²) in [7, 11) is 0. The van der Waals surface area contributed by atoms with Gasteiger partial charge in [-0.2, -0.15) is 0 Å². The Hall–Kier alpha value is -8.12. The van der Waals surface area contributed by atoms with Gasteiger partial charge in [0.15, 0.2) is 6.17 Å². The van der Waals surface area contributed by atoms with E-state index in [0.29, 0.717) is 0 Å². The van der Waals surface area contributed by atoms with E-state index in [4.69, 9.17) is 14.4 Å². The Balaban J connectivity index is 1.04. The molecule has 0 bridgehead atoms. The van der Waals surface area contributed by atoms with Crippen molar-refractivity contribution in [3.8, 4) is 22.3 Å². The molecule has 0 radical (unpaired) electrons. The number of nitrogens with one attached hydrogen (secondary N) is 1. The van der Waals surface area contributed by atoms with Gasteiger partial charge in [0, 0.05) is 53.6 Å². The van der Waals surface area contributed by atoms with Crippen LogP contribution < -0.4 is 5.32 Å². The van der Waals surface area contributed by atoms with Gasteiger partial charge < -0.3 is 9.73 Å². The summed E-state index contributed by atoms with van der Waals surface area (Å²) in [6.45, 7) is 4.58. The maximum Gasteiger partial charge on any atom is 0.169 e. The maximum atomic E-state index is 7.03. The highest BCUT2D eigenvalue weighted by Crippen LogP contribution is 2.45. The van der Waals surface area contributed by atoms with Gasteiger partial charge >= 0.3 is 0 Å². The summed E-state index contributed by atoms with van der Waals surface area (Å²) in [4.78, 5) is 11.1. The van der Waals surface area contributed by atoms with Crippen molar-refractivity contribution >= 4 is 86.7 Å². The molecule has 0 spiro atoms. The first-order valence-corrected chi connectivity index (χ1v) is 23.8. The molecule has 1 unspecified atom stereocenters. The average molecular weight is 878 g/mol. The second kappa shape index (κ2) is 15.8. The Morgan fingerprint density at radius 2 is 1.12 bits per heavy atom. The first kappa shape index (κ1) is 39.3. The Morgan fingerprint density at radius 3 is 1.94 bits per heavy atom. The van der Waals surface area contributed by atoms with Gasteiger partial charge in [0.1, 0.15) is 22.8 Å². The van der Waals surface area contributed by atoms with Gasteiger partial charge in [0.2, 0.25) is 0 Å². The van der Waals surface area contributed by atoms with Crippen molar-refractivity contribution in [2.24, 2.45) is 9.98 Å². The van der Waals surface area contributed by atoms with Crippen LogP contribution in [0.3, 0.4) is 0 Å². The molecule has 0 amide bonds. The molecule has 13 rings (SSSR count). The lowest BCUT2D eigenvalue weighted by molar-refractivity contribution is 0.659. The van der Waals surface area contributed by atoms with Crippen LogP contribution >= 0.6 is 11.3 Å². The molecule has 2 atom stereocenters. The van der Waals surface area contributed by atoms with Crippen LogP contribution in [0.5, 0.6) is 0 Å². The molecule has 0 saturated carbocycles. The normalized spacial score (nSPS) is 14.5. The number of hydrogen-bond acceptors (Lipinski definition) is 5. The lowest BCUT2D eigenvalue weighted by Gasteiger charge is -2.26. The van der Waals surface area contributed by atoms with Crippen molar-refractivity contribution in [1.29, 1.82) is 0 Å². The highest BCUT2D eigenvalue weighted by molar-refractivity contribution is 7.25. The molecule has 12 aromatic rings. The van der Waals surface area contributed by atoms with E-state index in [0.717, 1.165) is 67.0 Å². The van der Waals surface area contributed by atoms with E-state index < -0.39 is 6.17 Å². The molecule has 5 heteroatoms. The molecular formula is C62H43N3OS. The number of thiophene rings is 1. The lowest BCUT2D eigenvalue weighted by atomic mass is 9.81. The number of amidine groups is 2. The molecule has 0 saturated heterocycles. The second-order valence-electron chi connectivity index (χ2n) is 17.8. The number of benzene rings is 10. The third-order valence-electron chi connectivity index (χ3n) is 13.7. The monoisotopic (exact) mass is 877 g/mol. The number of para-hydroxylation sites is 1. The van der Waals surface area contributed by atoms with Crippen molar-refractivity contribution in [3.63, 3.8) is 0 Å². The quantitative estimate of drug-likeness (QED) is 0.173. The van der Waals surface area contributed by atoms with Crippen LogP contribution in [0.2, 0.25) is 0 Å². The van der Waals surface area contributed by atoms with Crippen LogP contribution in [-0.4, -0.2) is 11.7 Å². The first-order chi connectivity index (χ1) is 33.0. The van der Waals surface area contributed by atoms with E-state index in [2.05, 4.69) is 225 Å². The third-order valence-corrected chi connectivity index (χ3v) is 14.9. The SMILES string of the molecule is Cc1cc2ccccc2cc1-c1cc2ccccc2cc1[C@@H](C)c1c(C2=NC(c3ccc4sc5ccccc5c4c3)N=C(c3cccc(-c4ccccc4)c3)N2)ccc2c1oc1ccccc12. The minimum atomic E-state index is -0.513. The van der Waals surface area contributed by atoms with E-state index in [1.54, 1.807) is 0 Å². The third kappa shape index (κ3) is 6.73. The fourth-order valence-electron chi connectivity index (χ4n) is 10.4. The molecule has 0 aliphatic carbocycles. The van der Waals surface area contributed by atoms with Crippen molar-refractivity contribution in [2.75, 3.05) is 0 Å². The molecule has 2 aromatic heterocycles. The van der Waals surface area contributed by atoms with E-state index >= 15 is 0 Å². The molecule has 1 aliphatic heterocycles. The maximum absolute atomic E-state index is 7.03. The van der Waals surface area contributed by atoms with Crippen LogP contribution in [0, 0.1) is 6.92 Å². The summed E-state index contributed by atoms with van der Waals surface area (Å²) in [5.41, 5.74) is 13.0. The van der Waals surface area contributed by atoms with Crippen LogP contribution in [0.4, 0.5) is 0 Å². The van der Waals surface area contributed by atoms with Crippen LogP contribution in [0.15, 0.2) is 221 Å². The average Bonchev–Trinajstić information content (AvgIpc) is 3.96. The number of furan rings is 1. The fourth-order valence-corrected chi connectivity index (χ4v) is 11.4. The number of nitrogens with zero attached hydrogens (tertiary/aromatic N) is 2. The molecule has 1 N–H and O–H groups in total. The Bertz CT molecular complexity index is 4010. The van der Waals surface area contributed by atoms with Gasteiger partial charge in [-0.25, -0.2) is 9.98 Å². The lowest BCUT2D eigenvalue weighted by Crippen LogP contribution is -2.36. The number of hydrogen-bond donors (Lipinski definition) is 1. The standard InChI is InChI=1S/C62H43N3OS/c1-37-31-40-17-6-7-18-42(40)33-51(37)53-35-44-20-9-8-19-43(44)34-52(53)38(2)58-50(29-28-49-47-23-10-12-25-55(47)66-59(49)58)62-64-60(45-22-14-21-41(32-45)39-15-4-3-5-16-39)63-61(65-62)46-27-30-57-54(36-46)48-24-11-13-26-56(48)67-57/h3-36,38,61H,1-2H3,(H,63,64,65)/t38-,61?/m1/s1. The Morgan fingerprint density at radius 1 is 0.478 bits per heavy atom. The van der Waals surface area contributed by atoms with Crippen molar-refractivity contribution < 1.29 is 4.42 Å². The minimum absolute atomic E-state index is 0.134. The zero-order valence-corrected chi connectivity index (χ0v) is 37.8. The van der Waals surface area contributed by atoms with Gasteiger partial charge in [-0.15, -0.1) is 11.3 Å². The summed E-state index contributed by atoms with van der Waals surface area (Å²) in [5, 5.41) is 13.3. The molecule has 0 fully saturated rings. The van der Waals surface area contributed by atoms with Gasteiger partial charge in [-0.05, 0) is 122 Å². The fraction of sp³-hybridized carbons (Fsp3) is 0.0645. The molecule has 318 valence electrons. The van der Waals surface area contributed by atoms with Crippen molar-refractivity contribution in [1.82, 2.24) is 5.32 Å². The predicted molar refractivity (Wildman–Crippen MR) is 283 cm³/mol. The smallest absolute Gasteiger partial charge is 0.169 e. The van der Waals surface area contributed by atoms with Crippen LogP contribution in [-0.2, 0) is 0 Å². The molecule has 3 heterocycles. The second-order valence-corrected chi connectivity index (χ2v) is 18.9. The van der Waals surface area contributed by atoms with Gasteiger partial charge in [-0.1, -0.05) is 159 Å². The van der Waals surface area contributed by atoms with Crippen LogP contribution in [0.1, 0.15) is 52.4 Å². The predicted octanol–water partition coefficient (Wildman–Crippen LogP) is 16.5. The summed E-state index contributed by atoms with van der Waals surface area (Å²) in [5.74, 6) is 1.39. The summed E-state index contributed by atoms with van der Waals surface area (Å²) in [6.07, 6.45) is -0.513. The van der Waals surface area contributed by atoms with Crippen molar-refractivity contribution in [2.45, 2.75) is 25.9 Å². The van der Waals surface area contributed by atoms with Crippen molar-refractivity contribution in [3.05, 3.63) is 240 Å². The van der Waals surface area contributed by atoms with E-state index in [1.807, 2.05) is 11.3 Å². The zero-order chi connectivity index (χ0) is 44.6. The van der Waals surface area contributed by atoms with E-state index in [1.165, 1.54) is 64.0 Å². The number of aliphatic imine (C=N–C) groups is 2. The molecule has 1 aliphatic rings. The summed E-state index contributed by atoms with van der Waals surface area (Å²) >= 11 is 1.82. The summed E-state index contributed by atoms with van der Waals surface area (Å²) < 4.78 is 9.55. The minimum Gasteiger partial charge on any atom is -0.456 e. The van der Waals surface area contributed by atoms with Gasteiger partial charge in [-0.3, -0.25) is 0 Å². The zero-order valence-electron chi connectivity index (χ0n) is 37.0. The summed E-state index contributed by atoms with van der Waals surface area (Å²) in [6, 6.07) is 74.3. The Kier molecular flexibility index (Phi) is 9.26. The molecular weight excluding hydrogens is 835 g/mol. The highest BCUT2D eigenvalue weighted by atomic mass is 32.1.